The molecule has 0 N–H and O–H groups in total. The van der Waals surface area contributed by atoms with E-state index in [1.165, 1.54) is 30.3 Å². The van der Waals surface area contributed by atoms with E-state index in [1.54, 1.807) is 6.07 Å². The van der Waals surface area contributed by atoms with Crippen LogP contribution in [0.2, 0.25) is 0 Å². The Balaban J connectivity index is 2.08. The van der Waals surface area contributed by atoms with Gasteiger partial charge in [0.05, 0.1) is 11.6 Å². The summed E-state index contributed by atoms with van der Waals surface area (Å²) in [4.78, 5) is 2.12. The Bertz CT molecular complexity index is 905. The predicted molar refractivity (Wildman–Crippen MR) is 102 cm³/mol. The van der Waals surface area contributed by atoms with E-state index in [4.69, 9.17) is 0 Å². The number of fused-ring (bicyclic) bond motifs is 1. The third-order valence-corrected chi connectivity index (χ3v) is 5.33. The number of anilines is 1. The molecule has 0 bridgehead atoms. The van der Waals surface area contributed by atoms with Gasteiger partial charge in [-0.3, -0.25) is 0 Å². The molecule has 0 saturated heterocycles. The van der Waals surface area contributed by atoms with Gasteiger partial charge in [-0.25, -0.2) is 8.78 Å². The molecule has 4 heteroatoms. The van der Waals surface area contributed by atoms with Crippen molar-refractivity contribution in [2.45, 2.75) is 38.6 Å². The van der Waals surface area contributed by atoms with Crippen molar-refractivity contribution in [1.82, 2.24) is 0 Å². The molecule has 1 aliphatic heterocycles. The molecule has 0 fully saturated rings. The highest BCUT2D eigenvalue weighted by Crippen LogP contribution is 2.43. The number of hydrogen-bond donors (Lipinski definition) is 0. The van der Waals surface area contributed by atoms with E-state index in [0.717, 1.165) is 17.7 Å². The zero-order valence-corrected chi connectivity index (χ0v) is 15.5. The molecule has 134 valence electrons. The lowest BCUT2D eigenvalue weighted by Crippen LogP contribution is -2.45. The molecule has 26 heavy (non-hydrogen) atoms. The van der Waals surface area contributed by atoms with Gasteiger partial charge in [-0.05, 0) is 67.7 Å². The Morgan fingerprint density at radius 2 is 1.88 bits per heavy atom. The van der Waals surface area contributed by atoms with Crippen LogP contribution in [0.4, 0.5) is 14.5 Å². The van der Waals surface area contributed by atoms with Crippen LogP contribution in [-0.4, -0.2) is 12.6 Å². The zero-order chi connectivity index (χ0) is 19.1. The van der Waals surface area contributed by atoms with Crippen LogP contribution in [0.1, 0.15) is 49.8 Å². The van der Waals surface area contributed by atoms with E-state index in [9.17, 15) is 14.0 Å². The van der Waals surface area contributed by atoms with E-state index in [0.29, 0.717) is 22.6 Å². The van der Waals surface area contributed by atoms with Crippen molar-refractivity contribution in [1.29, 1.82) is 5.26 Å². The summed E-state index contributed by atoms with van der Waals surface area (Å²) in [6.45, 7) is 6.45. The molecule has 0 radical (unpaired) electrons. The molecule has 1 aliphatic rings. The highest BCUT2D eigenvalue weighted by Gasteiger charge is 2.34. The quantitative estimate of drug-likeness (QED) is 0.508. The van der Waals surface area contributed by atoms with Gasteiger partial charge < -0.3 is 4.90 Å². The molecule has 0 amide bonds. The number of benzene rings is 2. The van der Waals surface area contributed by atoms with Crippen molar-refractivity contribution in [3.8, 4) is 6.07 Å². The van der Waals surface area contributed by atoms with Crippen molar-refractivity contribution in [2.75, 3.05) is 11.9 Å². The molecule has 0 saturated carbocycles. The minimum absolute atomic E-state index is 0.0395. The molecule has 1 atom stereocenters. The van der Waals surface area contributed by atoms with E-state index in [2.05, 4.69) is 31.7 Å². The van der Waals surface area contributed by atoms with Gasteiger partial charge in [0.15, 0.2) is 0 Å². The number of allylic oxidation sites excluding steroid dienone is 1. The SMILES string of the molecule is CC1CC(C)(C)N(C)c2cc(F)c(/C=C(\C#N)c3ccc(F)cc3)cc21. The van der Waals surface area contributed by atoms with Crippen LogP contribution in [-0.2, 0) is 0 Å². The highest BCUT2D eigenvalue weighted by molar-refractivity contribution is 5.90. The second kappa shape index (κ2) is 6.57. The minimum Gasteiger partial charge on any atom is -0.369 e. The van der Waals surface area contributed by atoms with Gasteiger partial charge >= 0.3 is 0 Å². The molecule has 2 aromatic carbocycles. The molecular formula is C22H22F2N2. The maximum Gasteiger partial charge on any atom is 0.132 e. The fourth-order valence-corrected chi connectivity index (χ4v) is 3.68. The Kier molecular flexibility index (Phi) is 4.58. The lowest BCUT2D eigenvalue weighted by atomic mass is 9.80. The van der Waals surface area contributed by atoms with Gasteiger partial charge in [0.2, 0.25) is 0 Å². The number of rotatable bonds is 2. The van der Waals surface area contributed by atoms with Crippen molar-refractivity contribution in [3.05, 3.63) is 64.7 Å². The standard InChI is InChI=1S/C22H22F2N2/c1-14-12-22(2,3)26(4)21-11-20(24)16(10-19(14)21)9-17(13-25)15-5-7-18(23)8-6-15/h5-11,14H,12H2,1-4H3/b17-9+. The fourth-order valence-electron chi connectivity index (χ4n) is 3.68. The first-order valence-corrected chi connectivity index (χ1v) is 8.68. The molecular weight excluding hydrogens is 330 g/mol. The number of hydrogen-bond acceptors (Lipinski definition) is 2. The van der Waals surface area contributed by atoms with Crippen molar-refractivity contribution in [2.24, 2.45) is 0 Å². The largest absolute Gasteiger partial charge is 0.369 e. The van der Waals surface area contributed by atoms with Crippen LogP contribution in [0.3, 0.4) is 0 Å². The second-order valence-electron chi connectivity index (χ2n) is 7.59. The Morgan fingerprint density at radius 1 is 1.23 bits per heavy atom. The fraction of sp³-hybridized carbons (Fsp3) is 0.318. The van der Waals surface area contributed by atoms with Gasteiger partial charge in [0.1, 0.15) is 11.6 Å². The summed E-state index contributed by atoms with van der Waals surface area (Å²) in [5.41, 5.74) is 3.18. The summed E-state index contributed by atoms with van der Waals surface area (Å²) in [7, 11) is 1.99. The van der Waals surface area contributed by atoms with E-state index >= 15 is 0 Å². The Hall–Kier alpha value is -2.67. The third-order valence-electron chi connectivity index (χ3n) is 5.33. The minimum atomic E-state index is -0.370. The molecule has 2 aromatic rings. The third kappa shape index (κ3) is 3.22. The van der Waals surface area contributed by atoms with Crippen molar-refractivity contribution >= 4 is 17.3 Å². The van der Waals surface area contributed by atoms with Gasteiger partial charge in [-0.15, -0.1) is 0 Å². The number of nitriles is 1. The highest BCUT2D eigenvalue weighted by atomic mass is 19.1. The monoisotopic (exact) mass is 352 g/mol. The molecule has 0 spiro atoms. The van der Waals surface area contributed by atoms with E-state index in [-0.39, 0.29) is 17.2 Å². The van der Waals surface area contributed by atoms with Gasteiger partial charge in [-0.1, -0.05) is 19.1 Å². The van der Waals surface area contributed by atoms with Crippen LogP contribution >= 0.6 is 0 Å². The first-order chi connectivity index (χ1) is 12.2. The maximum atomic E-state index is 14.8. The normalized spacial score (nSPS) is 19.0. The lowest BCUT2D eigenvalue weighted by Gasteiger charge is -2.45. The van der Waals surface area contributed by atoms with Crippen LogP contribution in [0.25, 0.3) is 11.6 Å². The van der Waals surface area contributed by atoms with Crippen molar-refractivity contribution < 1.29 is 8.78 Å². The zero-order valence-electron chi connectivity index (χ0n) is 15.5. The number of halogens is 2. The Labute approximate surface area is 153 Å². The first-order valence-electron chi connectivity index (χ1n) is 8.68. The van der Waals surface area contributed by atoms with Crippen LogP contribution in [0, 0.1) is 23.0 Å². The average Bonchev–Trinajstić information content (AvgIpc) is 2.59. The molecule has 3 rings (SSSR count). The summed E-state index contributed by atoms with van der Waals surface area (Å²) >= 11 is 0. The summed E-state index contributed by atoms with van der Waals surface area (Å²) in [6.07, 6.45) is 2.50. The lowest BCUT2D eigenvalue weighted by molar-refractivity contribution is 0.394. The molecule has 0 aromatic heterocycles. The maximum absolute atomic E-state index is 14.8. The van der Waals surface area contributed by atoms with Crippen molar-refractivity contribution in [3.63, 3.8) is 0 Å². The predicted octanol–water partition coefficient (Wildman–Crippen LogP) is 5.75. The van der Waals surface area contributed by atoms with Crippen LogP contribution in [0.15, 0.2) is 36.4 Å². The molecule has 2 nitrogen and oxygen atoms in total. The molecule has 1 heterocycles. The number of nitrogens with zero attached hydrogens (tertiary/aromatic N) is 2. The van der Waals surface area contributed by atoms with Crippen LogP contribution in [0.5, 0.6) is 0 Å². The van der Waals surface area contributed by atoms with E-state index < -0.39 is 0 Å². The van der Waals surface area contributed by atoms with Gasteiger partial charge in [0, 0.05) is 23.8 Å². The second-order valence-corrected chi connectivity index (χ2v) is 7.59. The molecule has 1 unspecified atom stereocenters. The summed E-state index contributed by atoms with van der Waals surface area (Å²) in [5, 5.41) is 9.46. The smallest absolute Gasteiger partial charge is 0.132 e. The summed E-state index contributed by atoms with van der Waals surface area (Å²) < 4.78 is 27.9. The van der Waals surface area contributed by atoms with Gasteiger partial charge in [-0.2, -0.15) is 5.26 Å². The molecule has 0 aliphatic carbocycles. The van der Waals surface area contributed by atoms with Crippen LogP contribution < -0.4 is 4.90 Å². The average molecular weight is 352 g/mol. The van der Waals surface area contributed by atoms with E-state index in [1.807, 2.05) is 13.1 Å². The summed E-state index contributed by atoms with van der Waals surface area (Å²) in [5.74, 6) is -0.443. The summed E-state index contributed by atoms with van der Waals surface area (Å²) in [6, 6.07) is 11.1. The first kappa shape index (κ1) is 18.1. The van der Waals surface area contributed by atoms with Gasteiger partial charge in [0.25, 0.3) is 0 Å². The Morgan fingerprint density at radius 3 is 2.50 bits per heavy atom. The topological polar surface area (TPSA) is 27.0 Å².